The number of aromatic nitrogens is 2. The monoisotopic (exact) mass is 451 g/mol. The topological polar surface area (TPSA) is 73.2 Å². The van der Waals surface area contributed by atoms with Gasteiger partial charge < -0.3 is 10.1 Å². The van der Waals surface area contributed by atoms with Gasteiger partial charge in [0.2, 0.25) is 5.91 Å². The fourth-order valence-corrected chi connectivity index (χ4v) is 6.17. The third-order valence-electron chi connectivity index (χ3n) is 5.40. The van der Waals surface area contributed by atoms with Gasteiger partial charge in [-0.1, -0.05) is 32.5 Å². The third kappa shape index (κ3) is 5.26. The lowest BCUT2D eigenvalue weighted by atomic mass is 9.89. The smallest absolute Gasteiger partial charge is 0.263 e. The molecular weight excluding hydrogens is 418 g/mol. The van der Waals surface area contributed by atoms with E-state index in [1.807, 2.05) is 6.92 Å². The van der Waals surface area contributed by atoms with Crippen LogP contribution < -0.4 is 10.9 Å². The first-order valence-corrected chi connectivity index (χ1v) is 12.5. The van der Waals surface area contributed by atoms with Crippen molar-refractivity contribution in [3.05, 3.63) is 20.8 Å². The van der Waals surface area contributed by atoms with Gasteiger partial charge >= 0.3 is 0 Å². The first-order valence-electron chi connectivity index (χ1n) is 10.8. The van der Waals surface area contributed by atoms with Crippen LogP contribution in [0.15, 0.2) is 9.95 Å². The Hall–Kier alpha value is -1.38. The summed E-state index contributed by atoms with van der Waals surface area (Å²) in [6.45, 7) is 10.1. The van der Waals surface area contributed by atoms with Crippen molar-refractivity contribution in [2.24, 2.45) is 11.8 Å². The number of carbonyl (C=O) groups excluding carboxylic acids is 1. The van der Waals surface area contributed by atoms with Crippen LogP contribution in [0.4, 0.5) is 0 Å². The number of rotatable bonds is 9. The number of amides is 1. The van der Waals surface area contributed by atoms with Gasteiger partial charge in [0.25, 0.3) is 5.56 Å². The Morgan fingerprint density at radius 1 is 1.40 bits per heavy atom. The maximum atomic E-state index is 13.5. The molecule has 1 aliphatic carbocycles. The first kappa shape index (κ1) is 23.3. The minimum atomic E-state index is -0.329. The van der Waals surface area contributed by atoms with Crippen molar-refractivity contribution in [3.63, 3.8) is 0 Å². The van der Waals surface area contributed by atoms with E-state index < -0.39 is 0 Å². The molecule has 2 atom stereocenters. The van der Waals surface area contributed by atoms with Gasteiger partial charge in [-0.25, -0.2) is 4.98 Å². The number of ether oxygens (including phenoxy) is 1. The number of aryl methyl sites for hydroxylation is 1. The Labute approximate surface area is 186 Å². The van der Waals surface area contributed by atoms with E-state index in [2.05, 4.69) is 26.1 Å². The second-order valence-electron chi connectivity index (χ2n) is 8.63. The van der Waals surface area contributed by atoms with Crippen LogP contribution in [0.25, 0.3) is 10.2 Å². The van der Waals surface area contributed by atoms with Crippen molar-refractivity contribution < 1.29 is 9.53 Å². The summed E-state index contributed by atoms with van der Waals surface area (Å²) in [6, 6.07) is 0. The average molecular weight is 452 g/mol. The summed E-state index contributed by atoms with van der Waals surface area (Å²) in [7, 11) is 1.65. The summed E-state index contributed by atoms with van der Waals surface area (Å²) in [4.78, 5) is 33.0. The second-order valence-corrected chi connectivity index (χ2v) is 11.0. The molecule has 2 heterocycles. The third-order valence-corrected chi connectivity index (χ3v) is 7.64. The molecule has 0 bridgehead atoms. The lowest BCUT2D eigenvalue weighted by Gasteiger charge is -2.19. The van der Waals surface area contributed by atoms with E-state index >= 15 is 0 Å². The van der Waals surface area contributed by atoms with E-state index in [0.29, 0.717) is 36.7 Å². The maximum Gasteiger partial charge on any atom is 0.263 e. The number of hydrogen-bond donors (Lipinski definition) is 1. The van der Waals surface area contributed by atoms with E-state index in [-0.39, 0.29) is 16.7 Å². The van der Waals surface area contributed by atoms with Gasteiger partial charge in [-0.15, -0.1) is 11.3 Å². The van der Waals surface area contributed by atoms with Crippen molar-refractivity contribution in [2.45, 2.75) is 70.3 Å². The molecule has 2 aromatic heterocycles. The van der Waals surface area contributed by atoms with Gasteiger partial charge in [0, 0.05) is 31.7 Å². The van der Waals surface area contributed by atoms with Crippen LogP contribution in [0.1, 0.15) is 51.0 Å². The van der Waals surface area contributed by atoms with Gasteiger partial charge in [-0.05, 0) is 50.0 Å². The molecule has 0 saturated heterocycles. The summed E-state index contributed by atoms with van der Waals surface area (Å²) in [5, 5.41) is 4.07. The van der Waals surface area contributed by atoms with E-state index in [4.69, 9.17) is 9.72 Å². The number of thioether (sulfide) groups is 1. The Morgan fingerprint density at radius 2 is 2.17 bits per heavy atom. The van der Waals surface area contributed by atoms with Gasteiger partial charge in [0.05, 0.1) is 10.6 Å². The predicted molar refractivity (Wildman–Crippen MR) is 125 cm³/mol. The van der Waals surface area contributed by atoms with Crippen LogP contribution in [0.3, 0.4) is 0 Å². The van der Waals surface area contributed by atoms with Crippen LogP contribution in [0.2, 0.25) is 0 Å². The molecule has 1 N–H and O–H groups in total. The van der Waals surface area contributed by atoms with E-state index in [1.165, 1.54) is 22.2 Å². The van der Waals surface area contributed by atoms with Crippen molar-refractivity contribution >= 4 is 39.2 Å². The van der Waals surface area contributed by atoms with Crippen LogP contribution in [-0.2, 0) is 28.9 Å². The molecule has 3 rings (SSSR count). The van der Waals surface area contributed by atoms with Crippen molar-refractivity contribution in [3.8, 4) is 0 Å². The molecule has 0 saturated carbocycles. The molecule has 0 aliphatic heterocycles. The van der Waals surface area contributed by atoms with Gasteiger partial charge in [0.1, 0.15) is 4.83 Å². The molecule has 6 nitrogen and oxygen atoms in total. The molecule has 0 spiro atoms. The molecule has 166 valence electrons. The number of nitrogens with zero attached hydrogens (tertiary/aromatic N) is 2. The Kier molecular flexibility index (Phi) is 7.98. The number of nitrogens with one attached hydrogen (secondary N) is 1. The highest BCUT2D eigenvalue weighted by Crippen LogP contribution is 2.37. The van der Waals surface area contributed by atoms with E-state index in [0.717, 1.165) is 35.9 Å². The second kappa shape index (κ2) is 10.3. The van der Waals surface area contributed by atoms with Gasteiger partial charge in [-0.2, -0.15) is 0 Å². The van der Waals surface area contributed by atoms with Crippen molar-refractivity contribution in [1.82, 2.24) is 14.9 Å². The summed E-state index contributed by atoms with van der Waals surface area (Å²) < 4.78 is 6.81. The highest BCUT2D eigenvalue weighted by molar-refractivity contribution is 8.00. The predicted octanol–water partition coefficient (Wildman–Crippen LogP) is 3.87. The number of fused-ring (bicyclic) bond motifs is 3. The number of methoxy groups -OCH3 is 1. The quantitative estimate of drug-likeness (QED) is 0.356. The van der Waals surface area contributed by atoms with E-state index in [9.17, 15) is 9.59 Å². The number of carbonyl (C=O) groups is 1. The maximum absolute atomic E-state index is 13.5. The molecule has 0 aromatic carbocycles. The zero-order valence-electron chi connectivity index (χ0n) is 18.6. The normalized spacial score (nSPS) is 17.3. The summed E-state index contributed by atoms with van der Waals surface area (Å²) in [6.07, 6.45) is 3.89. The Bertz CT molecular complexity index is 951. The minimum absolute atomic E-state index is 0.0409. The van der Waals surface area contributed by atoms with Gasteiger partial charge in [0.15, 0.2) is 5.16 Å². The number of thiophene rings is 1. The Balaban J connectivity index is 1.91. The summed E-state index contributed by atoms with van der Waals surface area (Å²) in [5.41, 5.74) is 1.26. The lowest BCUT2D eigenvalue weighted by Crippen LogP contribution is -2.33. The SMILES string of the molecule is COCCCNC(=O)C(C)Sc1nc2sc3c(c2c(=O)n1CC(C)C)CCC(C)C3. The van der Waals surface area contributed by atoms with Crippen molar-refractivity contribution in [1.29, 1.82) is 0 Å². The molecule has 30 heavy (non-hydrogen) atoms. The van der Waals surface area contributed by atoms with Crippen LogP contribution in [0, 0.1) is 11.8 Å². The van der Waals surface area contributed by atoms with Crippen LogP contribution >= 0.6 is 23.1 Å². The van der Waals surface area contributed by atoms with E-state index in [1.54, 1.807) is 23.0 Å². The standard InChI is InChI=1S/C22H33N3O3S2/c1-13(2)12-25-21(27)18-16-8-7-14(3)11-17(16)30-20(18)24-22(25)29-15(4)19(26)23-9-6-10-28-5/h13-15H,6-12H2,1-5H3,(H,23,26). The minimum Gasteiger partial charge on any atom is -0.385 e. The highest BCUT2D eigenvalue weighted by atomic mass is 32.2. The number of hydrogen-bond acceptors (Lipinski definition) is 6. The fraction of sp³-hybridized carbons (Fsp3) is 0.682. The highest BCUT2D eigenvalue weighted by Gasteiger charge is 2.26. The zero-order chi connectivity index (χ0) is 21.8. The zero-order valence-corrected chi connectivity index (χ0v) is 20.3. The van der Waals surface area contributed by atoms with Crippen molar-refractivity contribution in [2.75, 3.05) is 20.3 Å². The fourth-order valence-electron chi connectivity index (χ4n) is 3.80. The molecular formula is C22H33N3O3S2. The van der Waals surface area contributed by atoms with Gasteiger partial charge in [-0.3, -0.25) is 14.2 Å². The summed E-state index contributed by atoms with van der Waals surface area (Å²) in [5.74, 6) is 0.925. The van der Waals surface area contributed by atoms with Crippen LogP contribution in [0.5, 0.6) is 0 Å². The largest absolute Gasteiger partial charge is 0.385 e. The summed E-state index contributed by atoms with van der Waals surface area (Å²) >= 11 is 3.04. The average Bonchev–Trinajstić information content (AvgIpc) is 3.05. The molecule has 8 heteroatoms. The molecule has 0 radical (unpaired) electrons. The molecule has 1 amide bonds. The van der Waals surface area contributed by atoms with Crippen LogP contribution in [-0.4, -0.2) is 41.0 Å². The first-order chi connectivity index (χ1) is 14.3. The lowest BCUT2D eigenvalue weighted by molar-refractivity contribution is -0.120. The Morgan fingerprint density at radius 3 is 2.87 bits per heavy atom. The molecule has 2 aromatic rings. The molecule has 1 aliphatic rings. The molecule has 2 unspecified atom stereocenters. The molecule has 0 fully saturated rings.